The van der Waals surface area contributed by atoms with E-state index in [1.807, 2.05) is 4.72 Å². The Balaban J connectivity index is 2.32. The molecule has 1 aromatic heterocycles. The molecule has 0 bridgehead atoms. The number of aromatic nitrogens is 2. The van der Waals surface area contributed by atoms with Gasteiger partial charge in [-0.3, -0.25) is 9.40 Å². The molecule has 0 aliphatic heterocycles. The Morgan fingerprint density at radius 3 is 2.65 bits per heavy atom. The van der Waals surface area contributed by atoms with Crippen molar-refractivity contribution in [3.05, 3.63) is 42.0 Å². The number of hydrogen-bond donors (Lipinski definition) is 2. The van der Waals surface area contributed by atoms with Crippen LogP contribution in [0.3, 0.4) is 0 Å². The Bertz CT molecular complexity index is 770. The average molecular weight is 299 g/mol. The van der Waals surface area contributed by atoms with Gasteiger partial charge in [-0.25, -0.2) is 17.6 Å². The predicted molar refractivity (Wildman–Crippen MR) is 67.4 cm³/mol. The number of halogens is 1. The zero-order chi connectivity index (χ0) is 14.9. The molecule has 0 fully saturated rings. The largest absolute Gasteiger partial charge is 0.478 e. The van der Waals surface area contributed by atoms with Crippen LogP contribution < -0.4 is 4.72 Å². The fourth-order valence-electron chi connectivity index (χ4n) is 1.47. The molecule has 2 aromatic rings. The van der Waals surface area contributed by atoms with Crippen LogP contribution in [-0.2, 0) is 17.1 Å². The highest BCUT2D eigenvalue weighted by Crippen LogP contribution is 2.20. The number of carboxylic acid groups (broad SMARTS) is 1. The SMILES string of the molecule is Cn1cc(S(=O)(=O)Nc2ccc(C(=O)O)cc2F)cn1. The zero-order valence-electron chi connectivity index (χ0n) is 10.2. The van der Waals surface area contributed by atoms with Crippen molar-refractivity contribution < 1.29 is 22.7 Å². The molecule has 2 N–H and O–H groups in total. The lowest BCUT2D eigenvalue weighted by Crippen LogP contribution is -2.13. The van der Waals surface area contributed by atoms with Crippen molar-refractivity contribution >= 4 is 21.7 Å². The second kappa shape index (κ2) is 4.93. The van der Waals surface area contributed by atoms with Gasteiger partial charge < -0.3 is 5.11 Å². The van der Waals surface area contributed by atoms with Crippen LogP contribution in [0.1, 0.15) is 10.4 Å². The first kappa shape index (κ1) is 14.0. The van der Waals surface area contributed by atoms with Gasteiger partial charge in [0, 0.05) is 13.2 Å². The lowest BCUT2D eigenvalue weighted by atomic mass is 10.2. The van der Waals surface area contributed by atoms with Crippen molar-refractivity contribution in [1.29, 1.82) is 0 Å². The first-order valence-corrected chi connectivity index (χ1v) is 6.82. The highest BCUT2D eigenvalue weighted by atomic mass is 32.2. The molecule has 0 aliphatic rings. The summed E-state index contributed by atoms with van der Waals surface area (Å²) in [5, 5.41) is 12.4. The molecule has 0 saturated carbocycles. The van der Waals surface area contributed by atoms with Crippen molar-refractivity contribution in [2.45, 2.75) is 4.90 Å². The van der Waals surface area contributed by atoms with E-state index in [0.29, 0.717) is 0 Å². The van der Waals surface area contributed by atoms with Gasteiger partial charge >= 0.3 is 5.97 Å². The summed E-state index contributed by atoms with van der Waals surface area (Å²) in [6.45, 7) is 0. The van der Waals surface area contributed by atoms with Crippen LogP contribution >= 0.6 is 0 Å². The molecule has 0 spiro atoms. The third-order valence-electron chi connectivity index (χ3n) is 2.45. The normalized spacial score (nSPS) is 11.3. The zero-order valence-corrected chi connectivity index (χ0v) is 11.1. The molecular formula is C11H10FN3O4S. The van der Waals surface area contributed by atoms with Crippen molar-refractivity contribution in [3.63, 3.8) is 0 Å². The fraction of sp³-hybridized carbons (Fsp3) is 0.0909. The van der Waals surface area contributed by atoms with Crippen LogP contribution in [-0.4, -0.2) is 29.3 Å². The molecule has 0 aliphatic carbocycles. The summed E-state index contributed by atoms with van der Waals surface area (Å²) >= 11 is 0. The third kappa shape index (κ3) is 2.77. The summed E-state index contributed by atoms with van der Waals surface area (Å²) in [5.41, 5.74) is -0.606. The maximum Gasteiger partial charge on any atom is 0.335 e. The second-order valence-corrected chi connectivity index (χ2v) is 5.64. The summed E-state index contributed by atoms with van der Waals surface area (Å²) in [5.74, 6) is -2.28. The molecule has 1 heterocycles. The van der Waals surface area contributed by atoms with Crippen LogP contribution in [0.4, 0.5) is 10.1 Å². The average Bonchev–Trinajstić information content (AvgIpc) is 2.79. The minimum Gasteiger partial charge on any atom is -0.478 e. The summed E-state index contributed by atoms with van der Waals surface area (Å²) in [6.07, 6.45) is 2.37. The Kier molecular flexibility index (Phi) is 3.45. The Labute approximate surface area is 113 Å². The van der Waals surface area contributed by atoms with Gasteiger partial charge in [0.1, 0.15) is 10.7 Å². The number of hydrogen-bond acceptors (Lipinski definition) is 4. The number of nitrogens with zero attached hydrogens (tertiary/aromatic N) is 2. The monoisotopic (exact) mass is 299 g/mol. The number of carboxylic acids is 1. The second-order valence-electron chi connectivity index (χ2n) is 3.95. The van der Waals surface area contributed by atoms with Crippen molar-refractivity contribution in [2.24, 2.45) is 7.05 Å². The third-order valence-corrected chi connectivity index (χ3v) is 3.77. The predicted octanol–water partition coefficient (Wildman–Crippen LogP) is 1.06. The number of nitrogens with one attached hydrogen (secondary N) is 1. The minimum absolute atomic E-state index is 0.123. The molecule has 20 heavy (non-hydrogen) atoms. The maximum atomic E-state index is 13.7. The van der Waals surface area contributed by atoms with Crippen LogP contribution in [0, 0.1) is 5.82 Å². The van der Waals surface area contributed by atoms with Crippen molar-refractivity contribution in [3.8, 4) is 0 Å². The van der Waals surface area contributed by atoms with Gasteiger partial charge in [-0.2, -0.15) is 5.10 Å². The summed E-state index contributed by atoms with van der Waals surface area (Å²) < 4.78 is 40.9. The van der Waals surface area contributed by atoms with E-state index < -0.39 is 21.8 Å². The van der Waals surface area contributed by atoms with Crippen molar-refractivity contribution in [1.82, 2.24) is 9.78 Å². The molecule has 0 atom stereocenters. The molecule has 0 radical (unpaired) electrons. The number of anilines is 1. The van der Waals surface area contributed by atoms with Gasteiger partial charge in [0.25, 0.3) is 10.0 Å². The first-order valence-electron chi connectivity index (χ1n) is 5.34. The van der Waals surface area contributed by atoms with E-state index in [4.69, 9.17) is 5.11 Å². The van der Waals surface area contributed by atoms with E-state index >= 15 is 0 Å². The molecular weight excluding hydrogens is 289 g/mol. The standard InChI is InChI=1S/C11H10FN3O4S/c1-15-6-8(5-13-15)20(18,19)14-10-3-2-7(11(16)17)4-9(10)12/h2-6,14H,1H3,(H,16,17). The maximum absolute atomic E-state index is 13.7. The molecule has 7 nitrogen and oxygen atoms in total. The van der Waals surface area contributed by atoms with Crippen LogP contribution in [0.5, 0.6) is 0 Å². The lowest BCUT2D eigenvalue weighted by Gasteiger charge is -2.07. The fourth-order valence-corrected chi connectivity index (χ4v) is 2.52. The van der Waals surface area contributed by atoms with Gasteiger partial charge in [0.2, 0.25) is 0 Å². The molecule has 1 aromatic carbocycles. The summed E-state index contributed by atoms with van der Waals surface area (Å²) in [4.78, 5) is 10.5. The van der Waals surface area contributed by atoms with Crippen molar-refractivity contribution in [2.75, 3.05) is 4.72 Å². The van der Waals surface area contributed by atoms with Crippen LogP contribution in [0.2, 0.25) is 0 Å². The van der Waals surface area contributed by atoms with Gasteiger partial charge in [0.15, 0.2) is 0 Å². The highest BCUT2D eigenvalue weighted by molar-refractivity contribution is 7.92. The molecule has 2 rings (SSSR count). The van der Waals surface area contributed by atoms with Crippen LogP contribution in [0.15, 0.2) is 35.5 Å². The van der Waals surface area contributed by atoms with E-state index in [9.17, 15) is 17.6 Å². The summed E-state index contributed by atoms with van der Waals surface area (Å²) in [6, 6.07) is 2.89. The smallest absolute Gasteiger partial charge is 0.335 e. The molecule has 106 valence electrons. The van der Waals surface area contributed by atoms with Crippen LogP contribution in [0.25, 0.3) is 0 Å². The van der Waals surface area contributed by atoms with E-state index in [1.165, 1.54) is 10.9 Å². The number of sulfonamides is 1. The van der Waals surface area contributed by atoms with E-state index in [-0.39, 0.29) is 16.1 Å². The van der Waals surface area contributed by atoms with E-state index in [2.05, 4.69) is 5.10 Å². The number of aryl methyl sites for hydroxylation is 1. The molecule has 0 amide bonds. The minimum atomic E-state index is -3.97. The quantitative estimate of drug-likeness (QED) is 0.879. The number of rotatable bonds is 4. The molecule has 0 saturated heterocycles. The molecule has 9 heteroatoms. The van der Waals surface area contributed by atoms with Gasteiger partial charge in [-0.15, -0.1) is 0 Å². The van der Waals surface area contributed by atoms with E-state index in [1.54, 1.807) is 7.05 Å². The topological polar surface area (TPSA) is 101 Å². The number of benzene rings is 1. The van der Waals surface area contributed by atoms with Gasteiger partial charge in [-0.05, 0) is 18.2 Å². The number of carbonyl (C=O) groups is 1. The Morgan fingerprint density at radius 1 is 1.45 bits per heavy atom. The summed E-state index contributed by atoms with van der Waals surface area (Å²) in [7, 11) is -2.43. The van der Waals surface area contributed by atoms with E-state index in [0.717, 1.165) is 24.4 Å². The van der Waals surface area contributed by atoms with Gasteiger partial charge in [0.05, 0.1) is 17.4 Å². The first-order chi connectivity index (χ1) is 9.29. The lowest BCUT2D eigenvalue weighted by molar-refractivity contribution is 0.0696. The highest BCUT2D eigenvalue weighted by Gasteiger charge is 2.18. The Morgan fingerprint density at radius 2 is 2.15 bits per heavy atom. The van der Waals surface area contributed by atoms with Gasteiger partial charge in [-0.1, -0.05) is 0 Å². The number of aromatic carboxylic acids is 1. The Hall–Kier alpha value is -2.42. The molecule has 0 unspecified atom stereocenters.